The Kier molecular flexibility index (Phi) is 3.45. The van der Waals surface area contributed by atoms with Crippen molar-refractivity contribution < 1.29 is 4.79 Å². The van der Waals surface area contributed by atoms with Gasteiger partial charge in [-0.1, -0.05) is 0 Å². The Bertz CT molecular complexity index is 866. The first-order chi connectivity index (χ1) is 10.1. The molecule has 0 spiro atoms. The van der Waals surface area contributed by atoms with Gasteiger partial charge in [0.15, 0.2) is 0 Å². The second kappa shape index (κ2) is 5.41. The van der Waals surface area contributed by atoms with Crippen molar-refractivity contribution in [1.29, 1.82) is 0 Å². The third kappa shape index (κ3) is 2.95. The summed E-state index contributed by atoms with van der Waals surface area (Å²) in [6, 6.07) is 10.6. The largest absolute Gasteiger partial charge is 0.398 e. The quantitative estimate of drug-likeness (QED) is 0.779. The van der Waals surface area contributed by atoms with Crippen molar-refractivity contribution >= 4 is 38.7 Å². The maximum absolute atomic E-state index is 12.0. The molecule has 3 aromatic rings. The van der Waals surface area contributed by atoms with E-state index in [9.17, 15) is 9.59 Å². The maximum atomic E-state index is 12.0. The van der Waals surface area contributed by atoms with E-state index < -0.39 is 0 Å². The lowest BCUT2D eigenvalue weighted by molar-refractivity contribution is -0.116. The summed E-state index contributed by atoms with van der Waals surface area (Å²) in [6.07, 6.45) is 1.46. The summed E-state index contributed by atoms with van der Waals surface area (Å²) in [5.41, 5.74) is 6.52. The van der Waals surface area contributed by atoms with Crippen molar-refractivity contribution in [1.82, 2.24) is 4.57 Å². The van der Waals surface area contributed by atoms with Crippen molar-refractivity contribution in [3.05, 3.63) is 58.3 Å². The average Bonchev–Trinajstić information content (AvgIpc) is 2.90. The first-order valence-corrected chi connectivity index (χ1v) is 7.23. The van der Waals surface area contributed by atoms with Gasteiger partial charge in [-0.3, -0.25) is 9.59 Å². The number of fused-ring (bicyclic) bond motifs is 1. The van der Waals surface area contributed by atoms with Crippen LogP contribution in [0.4, 0.5) is 11.4 Å². The first kappa shape index (κ1) is 13.4. The molecule has 1 aromatic carbocycles. The molecule has 0 aliphatic carbocycles. The molecule has 21 heavy (non-hydrogen) atoms. The number of hydrogen-bond donors (Lipinski definition) is 2. The van der Waals surface area contributed by atoms with Crippen LogP contribution >= 0.6 is 11.3 Å². The Balaban J connectivity index is 1.76. The number of carbonyl (C=O) groups is 1. The molecule has 0 aliphatic heterocycles. The fourth-order valence-corrected chi connectivity index (χ4v) is 2.84. The number of aromatic nitrogens is 1. The lowest BCUT2D eigenvalue weighted by atomic mass is 10.2. The van der Waals surface area contributed by atoms with Crippen LogP contribution in [-0.2, 0) is 11.3 Å². The number of thiophene rings is 1. The molecular weight excluding hydrogens is 286 g/mol. The number of nitrogen functional groups attached to an aromatic ring is 1. The summed E-state index contributed by atoms with van der Waals surface area (Å²) in [7, 11) is 0. The van der Waals surface area contributed by atoms with Crippen LogP contribution in [0.5, 0.6) is 0 Å². The molecule has 0 saturated heterocycles. The smallest absolute Gasteiger partial charge is 0.251 e. The van der Waals surface area contributed by atoms with Gasteiger partial charge in [0, 0.05) is 28.3 Å². The van der Waals surface area contributed by atoms with Crippen LogP contribution in [0, 0.1) is 0 Å². The molecule has 2 heterocycles. The fourth-order valence-electron chi connectivity index (χ4n) is 2.07. The third-order valence-electron chi connectivity index (χ3n) is 3.06. The zero-order valence-corrected chi connectivity index (χ0v) is 11.9. The summed E-state index contributed by atoms with van der Waals surface area (Å²) in [4.78, 5) is 23.6. The van der Waals surface area contributed by atoms with Crippen LogP contribution in [0.1, 0.15) is 0 Å². The van der Waals surface area contributed by atoms with E-state index in [1.54, 1.807) is 11.3 Å². The monoisotopic (exact) mass is 299 g/mol. The second-order valence-corrected chi connectivity index (χ2v) is 5.60. The molecule has 0 saturated carbocycles. The van der Waals surface area contributed by atoms with Crippen molar-refractivity contribution in [3.8, 4) is 0 Å². The molecule has 1 amide bonds. The van der Waals surface area contributed by atoms with Gasteiger partial charge in [-0.25, -0.2) is 0 Å². The van der Waals surface area contributed by atoms with Gasteiger partial charge >= 0.3 is 0 Å². The number of pyridine rings is 1. The van der Waals surface area contributed by atoms with Crippen LogP contribution in [0.3, 0.4) is 0 Å². The van der Waals surface area contributed by atoms with E-state index in [2.05, 4.69) is 5.32 Å². The van der Waals surface area contributed by atoms with Gasteiger partial charge in [0.2, 0.25) is 5.91 Å². The van der Waals surface area contributed by atoms with Crippen LogP contribution in [0.2, 0.25) is 0 Å². The summed E-state index contributed by atoms with van der Waals surface area (Å²) < 4.78 is 2.45. The number of rotatable bonds is 3. The van der Waals surface area contributed by atoms with Crippen LogP contribution in [0.25, 0.3) is 10.1 Å². The minimum Gasteiger partial charge on any atom is -0.398 e. The second-order valence-electron chi connectivity index (χ2n) is 4.65. The molecule has 6 heteroatoms. The number of nitrogens with one attached hydrogen (secondary N) is 1. The van der Waals surface area contributed by atoms with Gasteiger partial charge in [0.1, 0.15) is 6.54 Å². The molecule has 3 rings (SSSR count). The molecule has 3 N–H and O–H groups in total. The number of hydrogen-bond acceptors (Lipinski definition) is 4. The van der Waals surface area contributed by atoms with Gasteiger partial charge in [-0.2, -0.15) is 0 Å². The minimum absolute atomic E-state index is 0.0639. The Morgan fingerprint density at radius 3 is 2.95 bits per heavy atom. The normalized spacial score (nSPS) is 10.7. The van der Waals surface area contributed by atoms with E-state index >= 15 is 0 Å². The zero-order valence-electron chi connectivity index (χ0n) is 11.1. The first-order valence-electron chi connectivity index (χ1n) is 6.35. The number of benzene rings is 1. The van der Waals surface area contributed by atoms with Gasteiger partial charge in [-0.15, -0.1) is 11.3 Å². The van der Waals surface area contributed by atoms with Gasteiger partial charge in [-0.05, 0) is 41.1 Å². The zero-order chi connectivity index (χ0) is 14.8. The summed E-state index contributed by atoms with van der Waals surface area (Å²) >= 11 is 1.65. The number of carbonyl (C=O) groups excluding carboxylic acids is 1. The lowest BCUT2D eigenvalue weighted by Crippen LogP contribution is -2.26. The Labute approximate surface area is 124 Å². The summed E-state index contributed by atoms with van der Waals surface area (Å²) in [5, 5.41) is 5.87. The van der Waals surface area contributed by atoms with E-state index in [1.165, 1.54) is 27.6 Å². The highest BCUT2D eigenvalue weighted by Gasteiger charge is 2.06. The predicted octanol–water partition coefficient (Wildman–Crippen LogP) is 2.28. The van der Waals surface area contributed by atoms with E-state index in [-0.39, 0.29) is 18.0 Å². The highest BCUT2D eigenvalue weighted by molar-refractivity contribution is 7.17. The number of anilines is 2. The van der Waals surface area contributed by atoms with Crippen LogP contribution in [0.15, 0.2) is 52.8 Å². The molecule has 0 unspecified atom stereocenters. The van der Waals surface area contributed by atoms with Crippen molar-refractivity contribution in [2.24, 2.45) is 0 Å². The highest BCUT2D eigenvalue weighted by atomic mass is 32.1. The van der Waals surface area contributed by atoms with Crippen LogP contribution < -0.4 is 16.6 Å². The molecule has 0 atom stereocenters. The van der Waals surface area contributed by atoms with E-state index in [0.29, 0.717) is 11.4 Å². The molecule has 5 nitrogen and oxygen atoms in total. The topological polar surface area (TPSA) is 77.1 Å². The van der Waals surface area contributed by atoms with Gasteiger partial charge in [0.05, 0.1) is 0 Å². The Morgan fingerprint density at radius 1 is 1.24 bits per heavy atom. The molecule has 2 aromatic heterocycles. The highest BCUT2D eigenvalue weighted by Crippen LogP contribution is 2.23. The molecule has 106 valence electrons. The predicted molar refractivity (Wildman–Crippen MR) is 85.6 cm³/mol. The Hall–Kier alpha value is -2.60. The van der Waals surface area contributed by atoms with Gasteiger partial charge in [0.25, 0.3) is 5.56 Å². The molecule has 0 fully saturated rings. The SMILES string of the molecule is Nc1ccc(=O)n(CC(=O)Nc2ccc3sccc3c2)c1. The molecule has 0 radical (unpaired) electrons. The number of nitrogens with zero attached hydrogens (tertiary/aromatic N) is 1. The van der Waals surface area contributed by atoms with E-state index in [1.807, 2.05) is 29.6 Å². The summed E-state index contributed by atoms with van der Waals surface area (Å²) in [6.45, 7) is -0.0639. The molecule has 0 bridgehead atoms. The number of nitrogens with two attached hydrogens (primary N) is 1. The standard InChI is InChI=1S/C15H13N3O2S/c16-11-1-4-15(20)18(8-11)9-14(19)17-12-2-3-13-10(7-12)5-6-21-13/h1-8H,9,16H2,(H,17,19). The minimum atomic E-state index is -0.266. The Morgan fingerprint density at radius 2 is 2.10 bits per heavy atom. The van der Waals surface area contributed by atoms with E-state index in [0.717, 1.165) is 5.39 Å². The van der Waals surface area contributed by atoms with Gasteiger partial charge < -0.3 is 15.6 Å². The maximum Gasteiger partial charge on any atom is 0.251 e. The average molecular weight is 299 g/mol. The van der Waals surface area contributed by atoms with Crippen LogP contribution in [-0.4, -0.2) is 10.5 Å². The van der Waals surface area contributed by atoms with Crippen molar-refractivity contribution in [2.45, 2.75) is 6.54 Å². The number of amides is 1. The van der Waals surface area contributed by atoms with Crippen molar-refractivity contribution in [2.75, 3.05) is 11.1 Å². The van der Waals surface area contributed by atoms with E-state index in [4.69, 9.17) is 5.73 Å². The van der Waals surface area contributed by atoms with Crippen molar-refractivity contribution in [3.63, 3.8) is 0 Å². The molecule has 0 aliphatic rings. The third-order valence-corrected chi connectivity index (χ3v) is 3.95. The molecular formula is C15H13N3O2S. The fraction of sp³-hybridized carbons (Fsp3) is 0.0667. The summed E-state index contributed by atoms with van der Waals surface area (Å²) in [5.74, 6) is -0.266. The lowest BCUT2D eigenvalue weighted by Gasteiger charge is -2.08.